The van der Waals surface area contributed by atoms with Crippen LogP contribution < -0.4 is 5.73 Å². The minimum Gasteiger partial charge on any atom is -0.379 e. The second-order valence-corrected chi connectivity index (χ2v) is 5.73. The fraction of sp³-hybridized carbons (Fsp3) is 0.769. The summed E-state index contributed by atoms with van der Waals surface area (Å²) in [5, 5.41) is 8.10. The lowest BCUT2D eigenvalue weighted by atomic mass is 9.94. The Morgan fingerprint density at radius 2 is 2.35 bits per heavy atom. The first-order valence-electron chi connectivity index (χ1n) is 7.13. The van der Waals surface area contributed by atoms with Crippen LogP contribution in [0.5, 0.6) is 0 Å². The molecule has 3 heterocycles. The van der Waals surface area contributed by atoms with Gasteiger partial charge < -0.3 is 19.9 Å². The molecule has 7 heteroatoms. The largest absolute Gasteiger partial charge is 0.379 e. The van der Waals surface area contributed by atoms with Crippen molar-refractivity contribution in [2.45, 2.75) is 24.8 Å². The molecule has 2 aliphatic heterocycles. The van der Waals surface area contributed by atoms with Crippen molar-refractivity contribution in [2.24, 2.45) is 18.7 Å². The molecule has 0 spiro atoms. The van der Waals surface area contributed by atoms with Gasteiger partial charge in [-0.2, -0.15) is 0 Å². The second-order valence-electron chi connectivity index (χ2n) is 5.73. The van der Waals surface area contributed by atoms with Gasteiger partial charge in [-0.3, -0.25) is 4.79 Å². The van der Waals surface area contributed by atoms with Crippen LogP contribution in [0.25, 0.3) is 0 Å². The first-order chi connectivity index (χ1) is 9.66. The Morgan fingerprint density at radius 3 is 3.00 bits per heavy atom. The van der Waals surface area contributed by atoms with Crippen molar-refractivity contribution in [3.05, 3.63) is 12.2 Å². The number of aryl methyl sites for hydroxylation is 1. The zero-order valence-electron chi connectivity index (χ0n) is 11.7. The van der Waals surface area contributed by atoms with E-state index in [9.17, 15) is 4.79 Å². The Bertz CT molecular complexity index is 489. The Balaban J connectivity index is 1.69. The van der Waals surface area contributed by atoms with Crippen LogP contribution >= 0.6 is 0 Å². The predicted molar refractivity (Wildman–Crippen MR) is 71.8 cm³/mol. The van der Waals surface area contributed by atoms with Crippen molar-refractivity contribution in [3.63, 3.8) is 0 Å². The van der Waals surface area contributed by atoms with E-state index in [0.717, 1.165) is 25.2 Å². The summed E-state index contributed by atoms with van der Waals surface area (Å²) in [6.07, 6.45) is 3.74. The molecule has 1 aromatic rings. The van der Waals surface area contributed by atoms with E-state index in [2.05, 4.69) is 10.2 Å². The van der Waals surface area contributed by atoms with Crippen LogP contribution in [0.1, 0.15) is 24.6 Å². The molecule has 0 aromatic carbocycles. The molecule has 2 N–H and O–H groups in total. The van der Waals surface area contributed by atoms with Crippen LogP contribution in [0.15, 0.2) is 6.33 Å². The zero-order chi connectivity index (χ0) is 14.1. The molecular formula is C13H21N5O2. The molecule has 0 radical (unpaired) electrons. The smallest absolute Gasteiger partial charge is 0.229 e. The van der Waals surface area contributed by atoms with Crippen LogP contribution in [0, 0.1) is 5.92 Å². The molecular weight excluding hydrogens is 258 g/mol. The van der Waals surface area contributed by atoms with Gasteiger partial charge in [-0.15, -0.1) is 10.2 Å². The third-order valence-electron chi connectivity index (χ3n) is 4.29. The molecule has 1 aromatic heterocycles. The van der Waals surface area contributed by atoms with Gasteiger partial charge in [-0.1, -0.05) is 0 Å². The van der Waals surface area contributed by atoms with E-state index in [1.165, 1.54) is 0 Å². The summed E-state index contributed by atoms with van der Waals surface area (Å²) in [4.78, 5) is 14.5. The molecule has 0 saturated carbocycles. The lowest BCUT2D eigenvalue weighted by Gasteiger charge is -2.34. The first-order valence-corrected chi connectivity index (χ1v) is 7.13. The van der Waals surface area contributed by atoms with E-state index in [4.69, 9.17) is 10.5 Å². The van der Waals surface area contributed by atoms with Crippen molar-refractivity contribution in [3.8, 4) is 0 Å². The highest BCUT2D eigenvalue weighted by Gasteiger charge is 2.36. The van der Waals surface area contributed by atoms with Gasteiger partial charge >= 0.3 is 0 Å². The number of likely N-dealkylation sites (tertiary alicyclic amines) is 1. The van der Waals surface area contributed by atoms with Crippen molar-refractivity contribution in [2.75, 3.05) is 26.3 Å². The summed E-state index contributed by atoms with van der Waals surface area (Å²) in [7, 11) is 1.94. The van der Waals surface area contributed by atoms with Gasteiger partial charge in [0.2, 0.25) is 5.91 Å². The summed E-state index contributed by atoms with van der Waals surface area (Å²) >= 11 is 0. The molecule has 3 rings (SSSR count). The molecule has 3 unspecified atom stereocenters. The summed E-state index contributed by atoms with van der Waals surface area (Å²) in [5.74, 6) is 1.16. The zero-order valence-corrected chi connectivity index (χ0v) is 11.7. The summed E-state index contributed by atoms with van der Waals surface area (Å²) in [6.45, 7) is 2.44. The highest BCUT2D eigenvalue weighted by atomic mass is 16.5. The number of amides is 1. The molecule has 7 nitrogen and oxygen atoms in total. The quantitative estimate of drug-likeness (QED) is 0.788. The molecule has 20 heavy (non-hydrogen) atoms. The van der Waals surface area contributed by atoms with E-state index in [1.54, 1.807) is 6.33 Å². The van der Waals surface area contributed by atoms with Crippen molar-refractivity contribution in [1.29, 1.82) is 0 Å². The maximum atomic E-state index is 12.5. The first kappa shape index (κ1) is 13.5. The number of carbonyl (C=O) groups excluding carboxylic acids is 1. The van der Waals surface area contributed by atoms with Gasteiger partial charge in [-0.05, 0) is 12.8 Å². The Hall–Kier alpha value is -1.47. The lowest BCUT2D eigenvalue weighted by molar-refractivity contribution is -0.137. The Labute approximate surface area is 118 Å². The van der Waals surface area contributed by atoms with E-state index < -0.39 is 0 Å². The number of piperidine rings is 1. The van der Waals surface area contributed by atoms with Crippen molar-refractivity contribution < 1.29 is 9.53 Å². The maximum absolute atomic E-state index is 12.5. The predicted octanol–water partition coefficient (Wildman–Crippen LogP) is -0.505. The molecule has 2 saturated heterocycles. The number of nitrogens with zero attached hydrogens (tertiary/aromatic N) is 4. The molecule has 2 aliphatic rings. The molecule has 1 amide bonds. The van der Waals surface area contributed by atoms with E-state index in [1.807, 2.05) is 16.5 Å². The normalized spacial score (nSPS) is 30.7. The van der Waals surface area contributed by atoms with E-state index in [-0.39, 0.29) is 23.8 Å². The monoisotopic (exact) mass is 279 g/mol. The topological polar surface area (TPSA) is 86.3 Å². The van der Waals surface area contributed by atoms with Gasteiger partial charge in [0.25, 0.3) is 0 Å². The van der Waals surface area contributed by atoms with Crippen LogP contribution in [0.3, 0.4) is 0 Å². The summed E-state index contributed by atoms with van der Waals surface area (Å²) in [6, 6.07) is -0.169. The number of ether oxygens (including phenoxy) is 1. The fourth-order valence-electron chi connectivity index (χ4n) is 3.11. The minimum absolute atomic E-state index is 0.127. The Kier molecular flexibility index (Phi) is 3.71. The standard InChI is InChI=1S/C13H21N5O2/c1-17-8-15-16-12(17)9-3-2-4-18(5-9)13(19)10-6-20-7-11(10)14/h8-11H,2-7,14H2,1H3. The lowest BCUT2D eigenvalue weighted by Crippen LogP contribution is -2.47. The van der Waals surface area contributed by atoms with Gasteiger partial charge in [0.15, 0.2) is 0 Å². The van der Waals surface area contributed by atoms with Gasteiger partial charge in [0.1, 0.15) is 12.2 Å². The number of hydrogen-bond acceptors (Lipinski definition) is 5. The number of rotatable bonds is 2. The average molecular weight is 279 g/mol. The molecule has 110 valence electrons. The van der Waals surface area contributed by atoms with E-state index in [0.29, 0.717) is 19.8 Å². The molecule has 0 aliphatic carbocycles. The summed E-state index contributed by atoms with van der Waals surface area (Å²) < 4.78 is 7.23. The third-order valence-corrected chi connectivity index (χ3v) is 4.29. The minimum atomic E-state index is -0.187. The fourth-order valence-corrected chi connectivity index (χ4v) is 3.11. The van der Waals surface area contributed by atoms with Crippen LogP contribution in [0.4, 0.5) is 0 Å². The second kappa shape index (κ2) is 5.49. The van der Waals surface area contributed by atoms with Crippen LogP contribution in [-0.4, -0.2) is 57.9 Å². The SMILES string of the molecule is Cn1cnnc1C1CCCN(C(=O)C2COCC2N)C1. The molecule has 0 bridgehead atoms. The van der Waals surface area contributed by atoms with Gasteiger partial charge in [0.05, 0.1) is 19.1 Å². The third kappa shape index (κ3) is 2.43. The molecule has 2 fully saturated rings. The van der Waals surface area contributed by atoms with Crippen molar-refractivity contribution in [1.82, 2.24) is 19.7 Å². The van der Waals surface area contributed by atoms with Crippen LogP contribution in [0.2, 0.25) is 0 Å². The van der Waals surface area contributed by atoms with E-state index >= 15 is 0 Å². The van der Waals surface area contributed by atoms with Gasteiger partial charge in [-0.25, -0.2) is 0 Å². The summed E-state index contributed by atoms with van der Waals surface area (Å²) in [5.41, 5.74) is 5.94. The number of hydrogen-bond donors (Lipinski definition) is 1. The number of aromatic nitrogens is 3. The highest BCUT2D eigenvalue weighted by Crippen LogP contribution is 2.27. The Morgan fingerprint density at radius 1 is 1.50 bits per heavy atom. The highest BCUT2D eigenvalue weighted by molar-refractivity contribution is 5.80. The van der Waals surface area contributed by atoms with Gasteiger partial charge in [0, 0.05) is 32.1 Å². The maximum Gasteiger partial charge on any atom is 0.229 e. The number of nitrogens with two attached hydrogens (primary N) is 1. The average Bonchev–Trinajstić information content (AvgIpc) is 3.07. The van der Waals surface area contributed by atoms with Crippen molar-refractivity contribution >= 4 is 5.91 Å². The molecule has 3 atom stereocenters. The van der Waals surface area contributed by atoms with Crippen LogP contribution in [-0.2, 0) is 16.6 Å². The number of carbonyl (C=O) groups is 1.